The summed E-state index contributed by atoms with van der Waals surface area (Å²) < 4.78 is 0. The summed E-state index contributed by atoms with van der Waals surface area (Å²) in [4.78, 5) is 2.38. The zero-order chi connectivity index (χ0) is 13.7. The van der Waals surface area contributed by atoms with Crippen LogP contribution in [0.2, 0.25) is 5.02 Å². The van der Waals surface area contributed by atoms with Crippen LogP contribution in [0.25, 0.3) is 0 Å². The maximum atomic E-state index is 6.34. The molecule has 0 aliphatic rings. The quantitative estimate of drug-likeness (QED) is 0.849. The Kier molecular flexibility index (Phi) is 5.97. The van der Waals surface area contributed by atoms with Crippen molar-refractivity contribution in [2.75, 3.05) is 11.4 Å². The summed E-state index contributed by atoms with van der Waals surface area (Å²) in [5.74, 6) is 0. The topological polar surface area (TPSA) is 29.3 Å². The summed E-state index contributed by atoms with van der Waals surface area (Å²) >= 11 is 6.34. The molecular weight excluding hydrogens is 244 g/mol. The smallest absolute Gasteiger partial charge is 0.0459 e. The van der Waals surface area contributed by atoms with Crippen molar-refractivity contribution in [2.45, 2.75) is 52.6 Å². The van der Waals surface area contributed by atoms with Crippen molar-refractivity contribution in [1.29, 1.82) is 0 Å². The molecule has 1 atom stereocenters. The van der Waals surface area contributed by atoms with E-state index in [0.29, 0.717) is 6.04 Å². The monoisotopic (exact) mass is 268 g/mol. The van der Waals surface area contributed by atoms with Crippen LogP contribution in [-0.2, 0) is 6.42 Å². The highest BCUT2D eigenvalue weighted by Gasteiger charge is 2.11. The number of benzene rings is 1. The SMILES string of the molecule is CCCN(c1ccc(CC(C)N)c(Cl)c1)C(C)C. The molecule has 0 saturated carbocycles. The summed E-state index contributed by atoms with van der Waals surface area (Å²) in [5.41, 5.74) is 8.15. The molecule has 0 fully saturated rings. The molecule has 1 unspecified atom stereocenters. The minimum Gasteiger partial charge on any atom is -0.369 e. The number of rotatable bonds is 6. The van der Waals surface area contributed by atoms with Crippen molar-refractivity contribution < 1.29 is 0 Å². The van der Waals surface area contributed by atoms with Crippen molar-refractivity contribution in [3.8, 4) is 0 Å². The van der Waals surface area contributed by atoms with Crippen molar-refractivity contribution in [1.82, 2.24) is 0 Å². The number of hydrogen-bond acceptors (Lipinski definition) is 2. The van der Waals surface area contributed by atoms with Gasteiger partial charge in [-0.2, -0.15) is 0 Å². The van der Waals surface area contributed by atoms with Gasteiger partial charge in [-0.25, -0.2) is 0 Å². The fourth-order valence-electron chi connectivity index (χ4n) is 2.15. The second kappa shape index (κ2) is 7.01. The van der Waals surface area contributed by atoms with Crippen molar-refractivity contribution in [3.05, 3.63) is 28.8 Å². The number of nitrogens with two attached hydrogens (primary N) is 1. The van der Waals surface area contributed by atoms with E-state index in [9.17, 15) is 0 Å². The van der Waals surface area contributed by atoms with Crippen LogP contribution in [0.3, 0.4) is 0 Å². The minimum atomic E-state index is 0.144. The third kappa shape index (κ3) is 4.18. The molecule has 1 aromatic carbocycles. The van der Waals surface area contributed by atoms with Gasteiger partial charge in [-0.3, -0.25) is 0 Å². The third-order valence-electron chi connectivity index (χ3n) is 3.00. The van der Waals surface area contributed by atoms with E-state index in [2.05, 4.69) is 43.9 Å². The average molecular weight is 269 g/mol. The molecule has 0 heterocycles. The van der Waals surface area contributed by atoms with Crippen LogP contribution in [0.15, 0.2) is 18.2 Å². The first kappa shape index (κ1) is 15.3. The number of nitrogens with zero attached hydrogens (tertiary/aromatic N) is 1. The van der Waals surface area contributed by atoms with E-state index in [1.807, 2.05) is 6.92 Å². The Morgan fingerprint density at radius 1 is 1.28 bits per heavy atom. The van der Waals surface area contributed by atoms with Gasteiger partial charge in [0.25, 0.3) is 0 Å². The summed E-state index contributed by atoms with van der Waals surface area (Å²) in [6.45, 7) is 9.67. The molecule has 2 nitrogen and oxygen atoms in total. The summed E-state index contributed by atoms with van der Waals surface area (Å²) in [5, 5.41) is 0.826. The Bertz CT molecular complexity index is 375. The van der Waals surface area contributed by atoms with Gasteiger partial charge in [-0.1, -0.05) is 24.6 Å². The summed E-state index contributed by atoms with van der Waals surface area (Å²) in [6, 6.07) is 6.95. The van der Waals surface area contributed by atoms with Crippen molar-refractivity contribution in [2.24, 2.45) is 5.73 Å². The van der Waals surface area contributed by atoms with E-state index >= 15 is 0 Å². The standard InChI is InChI=1S/C15H25ClN2/c1-5-8-18(11(2)3)14-7-6-13(9-12(4)17)15(16)10-14/h6-7,10-12H,5,8-9,17H2,1-4H3. The molecule has 2 N–H and O–H groups in total. The van der Waals surface area contributed by atoms with Gasteiger partial charge in [0.15, 0.2) is 0 Å². The Labute approximate surface area is 116 Å². The van der Waals surface area contributed by atoms with E-state index in [1.165, 1.54) is 5.69 Å². The first-order valence-corrected chi connectivity index (χ1v) is 7.14. The molecule has 1 aromatic rings. The zero-order valence-electron chi connectivity index (χ0n) is 11.9. The predicted octanol–water partition coefficient (Wildman–Crippen LogP) is 3.85. The molecule has 0 radical (unpaired) electrons. The first-order chi connectivity index (χ1) is 8.45. The van der Waals surface area contributed by atoms with Crippen LogP contribution in [0, 0.1) is 0 Å². The molecule has 0 amide bonds. The number of halogens is 1. The summed E-state index contributed by atoms with van der Waals surface area (Å²) in [6.07, 6.45) is 1.96. The molecule has 0 aliphatic carbocycles. The highest BCUT2D eigenvalue weighted by Crippen LogP contribution is 2.26. The Balaban J connectivity index is 2.94. The van der Waals surface area contributed by atoms with Gasteiger partial charge < -0.3 is 10.6 Å². The van der Waals surface area contributed by atoms with Crippen LogP contribution >= 0.6 is 11.6 Å². The highest BCUT2D eigenvalue weighted by atomic mass is 35.5. The third-order valence-corrected chi connectivity index (χ3v) is 3.35. The molecule has 0 spiro atoms. The Morgan fingerprint density at radius 2 is 1.94 bits per heavy atom. The van der Waals surface area contributed by atoms with Gasteiger partial charge in [0, 0.05) is 29.3 Å². The average Bonchev–Trinajstić information content (AvgIpc) is 2.28. The first-order valence-electron chi connectivity index (χ1n) is 6.76. The maximum Gasteiger partial charge on any atom is 0.0459 e. The lowest BCUT2D eigenvalue weighted by Crippen LogP contribution is -2.31. The minimum absolute atomic E-state index is 0.144. The van der Waals surface area contributed by atoms with Crippen LogP contribution in [0.5, 0.6) is 0 Å². The fraction of sp³-hybridized carbons (Fsp3) is 0.600. The van der Waals surface area contributed by atoms with Gasteiger partial charge >= 0.3 is 0 Å². The van der Waals surface area contributed by atoms with Crippen molar-refractivity contribution in [3.63, 3.8) is 0 Å². The second-order valence-electron chi connectivity index (χ2n) is 5.24. The predicted molar refractivity (Wildman–Crippen MR) is 81.6 cm³/mol. The van der Waals surface area contributed by atoms with Crippen LogP contribution in [0.4, 0.5) is 5.69 Å². The molecule has 1 rings (SSSR count). The summed E-state index contributed by atoms with van der Waals surface area (Å²) in [7, 11) is 0. The Hall–Kier alpha value is -0.730. The maximum absolute atomic E-state index is 6.34. The molecule has 0 aromatic heterocycles. The second-order valence-corrected chi connectivity index (χ2v) is 5.65. The van der Waals surface area contributed by atoms with Crippen LogP contribution in [-0.4, -0.2) is 18.6 Å². The van der Waals surface area contributed by atoms with E-state index in [-0.39, 0.29) is 6.04 Å². The molecule has 3 heteroatoms. The number of hydrogen-bond donors (Lipinski definition) is 1. The van der Waals surface area contributed by atoms with Crippen molar-refractivity contribution >= 4 is 17.3 Å². The van der Waals surface area contributed by atoms with Crippen LogP contribution < -0.4 is 10.6 Å². The van der Waals surface area contributed by atoms with Crippen LogP contribution in [0.1, 0.15) is 39.7 Å². The molecule has 0 aliphatic heterocycles. The van der Waals surface area contributed by atoms with E-state index in [4.69, 9.17) is 17.3 Å². The van der Waals surface area contributed by atoms with Gasteiger partial charge in [-0.05, 0) is 51.3 Å². The highest BCUT2D eigenvalue weighted by molar-refractivity contribution is 6.31. The lowest BCUT2D eigenvalue weighted by Gasteiger charge is -2.29. The molecule has 18 heavy (non-hydrogen) atoms. The van der Waals surface area contributed by atoms with Gasteiger partial charge in [-0.15, -0.1) is 0 Å². The molecule has 0 bridgehead atoms. The lowest BCUT2D eigenvalue weighted by molar-refractivity contribution is 0.670. The van der Waals surface area contributed by atoms with E-state index in [0.717, 1.165) is 30.0 Å². The molecule has 0 saturated heterocycles. The normalized spacial score (nSPS) is 12.8. The molecular formula is C15H25ClN2. The molecule has 102 valence electrons. The van der Waals surface area contributed by atoms with E-state index in [1.54, 1.807) is 0 Å². The van der Waals surface area contributed by atoms with Gasteiger partial charge in [0.1, 0.15) is 0 Å². The largest absolute Gasteiger partial charge is 0.369 e. The van der Waals surface area contributed by atoms with Gasteiger partial charge in [0.2, 0.25) is 0 Å². The van der Waals surface area contributed by atoms with E-state index < -0.39 is 0 Å². The fourth-order valence-corrected chi connectivity index (χ4v) is 2.41. The number of anilines is 1. The Morgan fingerprint density at radius 3 is 2.39 bits per heavy atom. The lowest BCUT2D eigenvalue weighted by atomic mass is 10.1. The zero-order valence-corrected chi connectivity index (χ0v) is 12.7. The van der Waals surface area contributed by atoms with Gasteiger partial charge in [0.05, 0.1) is 0 Å².